The van der Waals surface area contributed by atoms with Crippen LogP contribution in [0.15, 0.2) is 46.2 Å². The van der Waals surface area contributed by atoms with Crippen LogP contribution in [0, 0.1) is 0 Å². The van der Waals surface area contributed by atoms with Gasteiger partial charge in [0.05, 0.1) is 6.33 Å². The Morgan fingerprint density at radius 3 is 2.54 bits per heavy atom. The highest BCUT2D eigenvalue weighted by Gasteiger charge is 2.14. The molecular formula is C16H17N5O3. The summed E-state index contributed by atoms with van der Waals surface area (Å²) in [4.78, 5) is 40.4. The summed E-state index contributed by atoms with van der Waals surface area (Å²) in [5.41, 5.74) is 0.489. The lowest BCUT2D eigenvalue weighted by Crippen LogP contribution is -2.37. The van der Waals surface area contributed by atoms with Crippen molar-refractivity contribution >= 4 is 22.8 Å². The van der Waals surface area contributed by atoms with Gasteiger partial charge in [-0.05, 0) is 12.1 Å². The number of hydrogen-bond donors (Lipinski definition) is 1. The number of carbonyl (C=O) groups is 1. The Morgan fingerprint density at radius 2 is 1.83 bits per heavy atom. The van der Waals surface area contributed by atoms with Gasteiger partial charge < -0.3 is 9.88 Å². The van der Waals surface area contributed by atoms with Crippen molar-refractivity contribution in [1.82, 2.24) is 18.7 Å². The quantitative estimate of drug-likeness (QED) is 0.754. The van der Waals surface area contributed by atoms with E-state index in [2.05, 4.69) is 10.3 Å². The number of nitrogens with zero attached hydrogens (tertiary/aromatic N) is 4. The fourth-order valence-electron chi connectivity index (χ4n) is 2.53. The summed E-state index contributed by atoms with van der Waals surface area (Å²) < 4.78 is 3.95. The lowest BCUT2D eigenvalue weighted by atomic mass is 10.3. The lowest BCUT2D eigenvalue weighted by Gasteiger charge is -2.07. The van der Waals surface area contributed by atoms with Gasteiger partial charge in [0.15, 0.2) is 11.2 Å². The summed E-state index contributed by atoms with van der Waals surface area (Å²) in [6, 6.07) is 9.14. The number of imidazole rings is 1. The molecule has 124 valence electrons. The first-order valence-corrected chi connectivity index (χ1v) is 7.45. The second kappa shape index (κ2) is 6.15. The Kier molecular flexibility index (Phi) is 4.03. The minimum absolute atomic E-state index is 0.162. The smallest absolute Gasteiger partial charge is 0.326 e. The lowest BCUT2D eigenvalue weighted by molar-refractivity contribution is -0.116. The Bertz CT molecular complexity index is 1010. The minimum Gasteiger partial charge on any atom is -0.326 e. The standard InChI is InChI=1S/C16H17N5O3/c1-19-14-13(15(23)20(2)16(19)24)21(10-17-14)9-8-12(22)18-11-6-4-3-5-7-11/h3-7,10H,8-9H2,1-2H3,(H,18,22). The highest BCUT2D eigenvalue weighted by molar-refractivity contribution is 5.90. The van der Waals surface area contributed by atoms with Crippen molar-refractivity contribution in [2.24, 2.45) is 14.1 Å². The number of nitrogens with one attached hydrogen (secondary N) is 1. The molecule has 24 heavy (non-hydrogen) atoms. The fourth-order valence-corrected chi connectivity index (χ4v) is 2.53. The van der Waals surface area contributed by atoms with Crippen molar-refractivity contribution in [3.63, 3.8) is 0 Å². The first kappa shape index (κ1) is 15.7. The molecular weight excluding hydrogens is 310 g/mol. The largest absolute Gasteiger partial charge is 0.332 e. The molecule has 0 radical (unpaired) electrons. The minimum atomic E-state index is -0.431. The summed E-state index contributed by atoms with van der Waals surface area (Å²) in [6.45, 7) is 0.294. The van der Waals surface area contributed by atoms with Crippen molar-refractivity contribution in [2.75, 3.05) is 5.32 Å². The average molecular weight is 327 g/mol. The Morgan fingerprint density at radius 1 is 1.12 bits per heavy atom. The van der Waals surface area contributed by atoms with Gasteiger partial charge in [0, 0.05) is 32.7 Å². The molecule has 0 aliphatic rings. The van der Waals surface area contributed by atoms with Crippen LogP contribution in [-0.4, -0.2) is 24.6 Å². The summed E-state index contributed by atoms with van der Waals surface area (Å²) in [5, 5.41) is 2.79. The fraction of sp³-hybridized carbons (Fsp3) is 0.250. The third kappa shape index (κ3) is 2.73. The van der Waals surface area contributed by atoms with Gasteiger partial charge in [-0.1, -0.05) is 18.2 Å². The maximum Gasteiger partial charge on any atom is 0.332 e. The van der Waals surface area contributed by atoms with E-state index in [0.29, 0.717) is 17.7 Å². The molecule has 8 heteroatoms. The van der Waals surface area contributed by atoms with Gasteiger partial charge in [0.25, 0.3) is 5.56 Å². The van der Waals surface area contributed by atoms with Gasteiger partial charge in [-0.2, -0.15) is 0 Å². The number of rotatable bonds is 4. The van der Waals surface area contributed by atoms with Gasteiger partial charge in [-0.15, -0.1) is 0 Å². The van der Waals surface area contributed by atoms with E-state index < -0.39 is 11.2 Å². The molecule has 0 fully saturated rings. The van der Waals surface area contributed by atoms with E-state index in [1.165, 1.54) is 17.9 Å². The van der Waals surface area contributed by atoms with Crippen molar-refractivity contribution in [1.29, 1.82) is 0 Å². The van der Waals surface area contributed by atoms with Crippen LogP contribution in [0.5, 0.6) is 0 Å². The van der Waals surface area contributed by atoms with Gasteiger partial charge in [-0.25, -0.2) is 9.78 Å². The molecule has 3 aromatic rings. The first-order chi connectivity index (χ1) is 11.5. The number of aromatic nitrogens is 4. The topological polar surface area (TPSA) is 90.9 Å². The number of amides is 1. The van der Waals surface area contributed by atoms with Crippen LogP contribution in [-0.2, 0) is 25.4 Å². The van der Waals surface area contributed by atoms with Crippen molar-refractivity contribution < 1.29 is 4.79 Å². The number of fused-ring (bicyclic) bond motifs is 1. The van der Waals surface area contributed by atoms with Gasteiger partial charge >= 0.3 is 5.69 Å². The molecule has 0 bridgehead atoms. The molecule has 8 nitrogen and oxygen atoms in total. The first-order valence-electron chi connectivity index (χ1n) is 7.45. The summed E-state index contributed by atoms with van der Waals surface area (Å²) in [6.07, 6.45) is 1.66. The number of benzene rings is 1. The maximum atomic E-state index is 12.3. The Balaban J connectivity index is 1.83. The van der Waals surface area contributed by atoms with Gasteiger partial charge in [0.2, 0.25) is 5.91 Å². The SMILES string of the molecule is Cn1c(=O)c2c(ncn2CCC(=O)Nc2ccccc2)n(C)c1=O. The highest BCUT2D eigenvalue weighted by atomic mass is 16.2. The maximum absolute atomic E-state index is 12.3. The molecule has 0 saturated heterocycles. The molecule has 1 amide bonds. The number of para-hydroxylation sites is 1. The molecule has 0 aliphatic carbocycles. The molecule has 1 N–H and O–H groups in total. The van der Waals surface area contributed by atoms with E-state index in [-0.39, 0.29) is 12.3 Å². The molecule has 3 rings (SSSR count). The van der Waals surface area contributed by atoms with Crippen molar-refractivity contribution in [2.45, 2.75) is 13.0 Å². The predicted octanol–water partition coefficient (Wildman–Crippen LogP) is 0.462. The molecule has 0 saturated carbocycles. The Labute approximate surface area is 137 Å². The van der Waals surface area contributed by atoms with E-state index in [1.807, 2.05) is 18.2 Å². The zero-order valence-electron chi connectivity index (χ0n) is 13.4. The Hall–Kier alpha value is -3.16. The highest BCUT2D eigenvalue weighted by Crippen LogP contribution is 2.08. The molecule has 0 unspecified atom stereocenters. The van der Waals surface area contributed by atoms with Crippen LogP contribution in [0.25, 0.3) is 11.2 Å². The number of carbonyl (C=O) groups excluding carboxylic acids is 1. The predicted molar refractivity (Wildman–Crippen MR) is 89.9 cm³/mol. The normalized spacial score (nSPS) is 10.9. The van der Waals surface area contributed by atoms with E-state index >= 15 is 0 Å². The van der Waals surface area contributed by atoms with Crippen LogP contribution >= 0.6 is 0 Å². The zero-order valence-corrected chi connectivity index (χ0v) is 13.4. The van der Waals surface area contributed by atoms with Crippen molar-refractivity contribution in [3.05, 3.63) is 57.5 Å². The molecule has 0 aliphatic heterocycles. The number of hydrogen-bond acceptors (Lipinski definition) is 4. The van der Waals surface area contributed by atoms with Crippen LogP contribution < -0.4 is 16.6 Å². The third-order valence-electron chi connectivity index (χ3n) is 3.85. The van der Waals surface area contributed by atoms with E-state index in [4.69, 9.17) is 0 Å². The number of aryl methyl sites for hydroxylation is 2. The van der Waals surface area contributed by atoms with E-state index in [0.717, 1.165) is 10.3 Å². The van der Waals surface area contributed by atoms with Gasteiger partial charge in [-0.3, -0.25) is 18.7 Å². The molecule has 1 aromatic carbocycles. The average Bonchev–Trinajstić information content (AvgIpc) is 3.01. The molecule has 0 atom stereocenters. The molecule has 2 aromatic heterocycles. The van der Waals surface area contributed by atoms with E-state index in [9.17, 15) is 14.4 Å². The van der Waals surface area contributed by atoms with E-state index in [1.54, 1.807) is 23.7 Å². The second-order valence-electron chi connectivity index (χ2n) is 5.48. The summed E-state index contributed by atoms with van der Waals surface area (Å²) in [5.74, 6) is -0.162. The monoisotopic (exact) mass is 327 g/mol. The van der Waals surface area contributed by atoms with Crippen LogP contribution in [0.4, 0.5) is 5.69 Å². The second-order valence-corrected chi connectivity index (χ2v) is 5.48. The third-order valence-corrected chi connectivity index (χ3v) is 3.85. The summed E-state index contributed by atoms with van der Waals surface area (Å²) in [7, 11) is 2.98. The summed E-state index contributed by atoms with van der Waals surface area (Å²) >= 11 is 0. The van der Waals surface area contributed by atoms with Crippen LogP contribution in [0.2, 0.25) is 0 Å². The molecule has 2 heterocycles. The van der Waals surface area contributed by atoms with Crippen LogP contribution in [0.1, 0.15) is 6.42 Å². The zero-order chi connectivity index (χ0) is 17.3. The van der Waals surface area contributed by atoms with Crippen molar-refractivity contribution in [3.8, 4) is 0 Å². The number of anilines is 1. The van der Waals surface area contributed by atoms with Crippen LogP contribution in [0.3, 0.4) is 0 Å². The van der Waals surface area contributed by atoms with Gasteiger partial charge in [0.1, 0.15) is 0 Å². The molecule has 0 spiro atoms.